The van der Waals surface area contributed by atoms with E-state index in [2.05, 4.69) is 193 Å². The summed E-state index contributed by atoms with van der Waals surface area (Å²) in [6, 6.07) is 69.3. The summed E-state index contributed by atoms with van der Waals surface area (Å²) < 4.78 is 5.32. The van der Waals surface area contributed by atoms with Crippen molar-refractivity contribution in [3.8, 4) is 22.3 Å². The van der Waals surface area contributed by atoms with Crippen LogP contribution in [0.15, 0.2) is 188 Å². The van der Waals surface area contributed by atoms with E-state index in [0.717, 1.165) is 17.1 Å². The van der Waals surface area contributed by atoms with Gasteiger partial charge in [-0.1, -0.05) is 121 Å². The third kappa shape index (κ3) is 5.04. The molecule has 0 spiro atoms. The van der Waals surface area contributed by atoms with Gasteiger partial charge in [-0.3, -0.25) is 0 Å². The molecule has 0 atom stereocenters. The summed E-state index contributed by atoms with van der Waals surface area (Å²) in [5.41, 5.74) is 8.29. The van der Waals surface area contributed by atoms with Gasteiger partial charge in [0.1, 0.15) is 0 Å². The number of fused-ring (bicyclic) bond motifs is 9. The van der Waals surface area contributed by atoms with Crippen molar-refractivity contribution in [2.45, 2.75) is 0 Å². The molecule has 248 valence electrons. The zero-order valence-electron chi connectivity index (χ0n) is 28.7. The van der Waals surface area contributed by atoms with Gasteiger partial charge < -0.3 is 4.90 Å². The number of anilines is 3. The highest BCUT2D eigenvalue weighted by atomic mass is 32.1. The molecular formula is C50H31NS2. The third-order valence-electron chi connectivity index (χ3n) is 10.7. The van der Waals surface area contributed by atoms with Crippen molar-refractivity contribution in [2.24, 2.45) is 0 Å². The maximum atomic E-state index is 2.42. The molecule has 53 heavy (non-hydrogen) atoms. The first-order valence-electron chi connectivity index (χ1n) is 18.0. The molecule has 0 saturated carbocycles. The lowest BCUT2D eigenvalue weighted by molar-refractivity contribution is 1.30. The van der Waals surface area contributed by atoms with Gasteiger partial charge in [-0.15, -0.1) is 22.7 Å². The van der Waals surface area contributed by atoms with Crippen LogP contribution in [-0.4, -0.2) is 0 Å². The van der Waals surface area contributed by atoms with Crippen LogP contribution in [0.4, 0.5) is 17.1 Å². The number of benzene rings is 9. The minimum Gasteiger partial charge on any atom is -0.310 e. The summed E-state index contributed by atoms with van der Waals surface area (Å²) in [7, 11) is 0. The molecule has 0 amide bonds. The molecule has 11 aromatic rings. The Morgan fingerprint density at radius 2 is 0.755 bits per heavy atom. The normalized spacial score (nSPS) is 11.8. The lowest BCUT2D eigenvalue weighted by Gasteiger charge is -2.28. The van der Waals surface area contributed by atoms with E-state index >= 15 is 0 Å². The second-order valence-electron chi connectivity index (χ2n) is 13.7. The van der Waals surface area contributed by atoms with Crippen molar-refractivity contribution in [1.82, 2.24) is 0 Å². The van der Waals surface area contributed by atoms with E-state index in [1.54, 1.807) is 0 Å². The first-order valence-corrected chi connectivity index (χ1v) is 19.6. The first kappa shape index (κ1) is 30.4. The van der Waals surface area contributed by atoms with Crippen LogP contribution in [0.2, 0.25) is 0 Å². The fourth-order valence-electron chi connectivity index (χ4n) is 8.07. The lowest BCUT2D eigenvalue weighted by atomic mass is 9.98. The van der Waals surface area contributed by atoms with E-state index < -0.39 is 0 Å². The van der Waals surface area contributed by atoms with E-state index in [1.807, 2.05) is 22.7 Å². The summed E-state index contributed by atoms with van der Waals surface area (Å²) in [6.07, 6.45) is 0. The highest BCUT2D eigenvalue weighted by Crippen LogP contribution is 2.44. The Morgan fingerprint density at radius 1 is 0.302 bits per heavy atom. The second kappa shape index (κ2) is 12.2. The SMILES string of the molecule is c1ccc2c(c1)ccc1cccc(N(c3ccc(-c4ccc5sc6ccccc6c5c4)cc3)c3ccc(-c4ccc5sc6ccccc6c5c4)cc3)c12. The van der Waals surface area contributed by atoms with Crippen molar-refractivity contribution in [1.29, 1.82) is 0 Å². The summed E-state index contributed by atoms with van der Waals surface area (Å²) in [5.74, 6) is 0. The molecule has 9 aromatic carbocycles. The molecule has 0 unspecified atom stereocenters. The Hall–Kier alpha value is -6.26. The van der Waals surface area contributed by atoms with Crippen LogP contribution in [0.5, 0.6) is 0 Å². The van der Waals surface area contributed by atoms with Crippen LogP contribution in [0.1, 0.15) is 0 Å². The van der Waals surface area contributed by atoms with E-state index in [0.29, 0.717) is 0 Å². The third-order valence-corrected chi connectivity index (χ3v) is 13.0. The predicted octanol–water partition coefficient (Wildman–Crippen LogP) is 15.5. The minimum absolute atomic E-state index is 1.12. The number of hydrogen-bond donors (Lipinski definition) is 0. The van der Waals surface area contributed by atoms with Gasteiger partial charge >= 0.3 is 0 Å². The van der Waals surface area contributed by atoms with E-state index in [-0.39, 0.29) is 0 Å². The maximum Gasteiger partial charge on any atom is 0.0546 e. The predicted molar refractivity (Wildman–Crippen MR) is 233 cm³/mol. The molecule has 2 aromatic heterocycles. The molecule has 1 nitrogen and oxygen atoms in total. The Labute approximate surface area is 315 Å². The van der Waals surface area contributed by atoms with Gasteiger partial charge in [-0.2, -0.15) is 0 Å². The molecule has 11 rings (SSSR count). The molecule has 0 fully saturated rings. The van der Waals surface area contributed by atoms with Gasteiger partial charge in [-0.05, 0) is 105 Å². The second-order valence-corrected chi connectivity index (χ2v) is 15.9. The summed E-state index contributed by atoms with van der Waals surface area (Å²) in [4.78, 5) is 2.42. The van der Waals surface area contributed by atoms with Gasteiger partial charge in [0.25, 0.3) is 0 Å². The van der Waals surface area contributed by atoms with Crippen LogP contribution < -0.4 is 4.90 Å². The molecule has 0 aliphatic rings. The summed E-state index contributed by atoms with van der Waals surface area (Å²) in [5, 5.41) is 10.3. The van der Waals surface area contributed by atoms with Crippen LogP contribution in [0, 0.1) is 0 Å². The molecule has 0 aliphatic heterocycles. The molecule has 0 saturated heterocycles. The monoisotopic (exact) mass is 709 g/mol. The standard InChI is InChI=1S/C50H31NS2/c1-2-10-40-34(8-1)16-17-35-9-7-13-45(50(35)40)51(38-24-18-32(19-25-38)36-22-28-48-43(30-36)41-11-3-5-14-46(41)52-48)39-26-20-33(21-27-39)37-23-29-49-44(31-37)42-12-4-6-15-47(42)53-49/h1-31H. The molecule has 2 heterocycles. The molecule has 3 heteroatoms. The lowest BCUT2D eigenvalue weighted by Crippen LogP contribution is -2.10. The smallest absolute Gasteiger partial charge is 0.0546 e. The number of nitrogens with zero attached hydrogens (tertiary/aromatic N) is 1. The van der Waals surface area contributed by atoms with Gasteiger partial charge in [-0.25, -0.2) is 0 Å². The van der Waals surface area contributed by atoms with E-state index in [1.165, 1.54) is 84.1 Å². The summed E-state index contributed by atoms with van der Waals surface area (Å²) >= 11 is 3.73. The molecule has 0 bridgehead atoms. The number of rotatable bonds is 5. The molecular weight excluding hydrogens is 679 g/mol. The van der Waals surface area contributed by atoms with Crippen molar-refractivity contribution in [3.05, 3.63) is 188 Å². The van der Waals surface area contributed by atoms with Crippen molar-refractivity contribution >= 4 is 102 Å². The van der Waals surface area contributed by atoms with Crippen LogP contribution in [-0.2, 0) is 0 Å². The summed E-state index contributed by atoms with van der Waals surface area (Å²) in [6.45, 7) is 0. The van der Waals surface area contributed by atoms with E-state index in [4.69, 9.17) is 0 Å². The van der Waals surface area contributed by atoms with Gasteiger partial charge in [0.05, 0.1) is 5.69 Å². The van der Waals surface area contributed by atoms with Crippen molar-refractivity contribution in [3.63, 3.8) is 0 Å². The largest absolute Gasteiger partial charge is 0.310 e. The van der Waals surface area contributed by atoms with Gasteiger partial charge in [0.15, 0.2) is 0 Å². The van der Waals surface area contributed by atoms with Crippen molar-refractivity contribution < 1.29 is 0 Å². The van der Waals surface area contributed by atoms with Crippen LogP contribution >= 0.6 is 22.7 Å². The first-order chi connectivity index (χ1) is 26.2. The maximum absolute atomic E-state index is 2.42. The van der Waals surface area contributed by atoms with Crippen molar-refractivity contribution in [2.75, 3.05) is 4.90 Å². The molecule has 0 radical (unpaired) electrons. The highest BCUT2D eigenvalue weighted by molar-refractivity contribution is 7.26. The average molecular weight is 710 g/mol. The average Bonchev–Trinajstić information content (AvgIpc) is 3.79. The van der Waals surface area contributed by atoms with Crippen LogP contribution in [0.3, 0.4) is 0 Å². The minimum atomic E-state index is 1.12. The van der Waals surface area contributed by atoms with Crippen LogP contribution in [0.25, 0.3) is 84.1 Å². The Bertz CT molecular complexity index is 3010. The zero-order chi connectivity index (χ0) is 34.9. The van der Waals surface area contributed by atoms with E-state index in [9.17, 15) is 0 Å². The quantitative estimate of drug-likeness (QED) is 0.161. The van der Waals surface area contributed by atoms with Gasteiger partial charge in [0, 0.05) is 57.1 Å². The fraction of sp³-hybridized carbons (Fsp3) is 0. The Kier molecular flexibility index (Phi) is 6.97. The topological polar surface area (TPSA) is 3.24 Å². The fourth-order valence-corrected chi connectivity index (χ4v) is 10.2. The zero-order valence-corrected chi connectivity index (χ0v) is 30.3. The highest BCUT2D eigenvalue weighted by Gasteiger charge is 2.18. The van der Waals surface area contributed by atoms with Gasteiger partial charge in [0.2, 0.25) is 0 Å². The number of hydrogen-bond acceptors (Lipinski definition) is 3. The number of thiophene rings is 2. The Balaban J connectivity index is 1.04. The Morgan fingerprint density at radius 3 is 1.34 bits per heavy atom. The molecule has 0 N–H and O–H groups in total. The molecule has 0 aliphatic carbocycles.